The Hall–Kier alpha value is -1.97. The SMILES string of the molecule is CN=C(NCc1cnc(N(C)C)n1C)N1CCN(C(C)C(F)(F)F)CC1. The standard InChI is InChI=1S/C16H28F3N7/c1-12(16(17,18)19)25-6-8-26(9-7-25)14(20-2)21-10-13-11-22-15(23(3)4)24(13)5/h11-12H,6-10H2,1-5H3,(H,20,21). The second kappa shape index (κ2) is 8.15. The lowest BCUT2D eigenvalue weighted by atomic mass is 10.2. The van der Waals surface area contributed by atoms with Crippen LogP contribution in [0.1, 0.15) is 12.6 Å². The second-order valence-electron chi connectivity index (χ2n) is 6.64. The molecule has 1 fully saturated rings. The summed E-state index contributed by atoms with van der Waals surface area (Å²) in [7, 11) is 7.49. The first-order valence-corrected chi connectivity index (χ1v) is 8.59. The predicted molar refractivity (Wildman–Crippen MR) is 96.4 cm³/mol. The van der Waals surface area contributed by atoms with Gasteiger partial charge in [0.05, 0.1) is 18.4 Å². The fourth-order valence-electron chi connectivity index (χ4n) is 3.04. The van der Waals surface area contributed by atoms with Crippen LogP contribution in [0.3, 0.4) is 0 Å². The van der Waals surface area contributed by atoms with Crippen molar-refractivity contribution in [1.29, 1.82) is 0 Å². The van der Waals surface area contributed by atoms with Gasteiger partial charge in [-0.15, -0.1) is 0 Å². The third-order valence-corrected chi connectivity index (χ3v) is 4.73. The molecule has 7 nitrogen and oxygen atoms in total. The molecule has 1 aromatic rings. The van der Waals surface area contributed by atoms with Gasteiger partial charge in [0.2, 0.25) is 5.95 Å². The number of aromatic nitrogens is 2. The van der Waals surface area contributed by atoms with Crippen LogP contribution in [0, 0.1) is 0 Å². The molecule has 2 rings (SSSR count). The quantitative estimate of drug-likeness (QED) is 0.632. The van der Waals surface area contributed by atoms with Crippen LogP contribution in [0.2, 0.25) is 0 Å². The summed E-state index contributed by atoms with van der Waals surface area (Å²) in [5, 5.41) is 3.28. The molecule has 0 amide bonds. The highest BCUT2D eigenvalue weighted by Gasteiger charge is 2.41. The number of alkyl halides is 3. The number of hydrogen-bond donors (Lipinski definition) is 1. The topological polar surface area (TPSA) is 51.9 Å². The zero-order valence-corrected chi connectivity index (χ0v) is 16.0. The fourth-order valence-corrected chi connectivity index (χ4v) is 3.04. The highest BCUT2D eigenvalue weighted by Crippen LogP contribution is 2.25. The predicted octanol–water partition coefficient (Wildman–Crippen LogP) is 1.13. The normalized spacial score (nSPS) is 18.2. The summed E-state index contributed by atoms with van der Waals surface area (Å²) in [5.41, 5.74) is 0.999. The van der Waals surface area contributed by atoms with E-state index in [2.05, 4.69) is 15.3 Å². The molecule has 10 heteroatoms. The first-order valence-electron chi connectivity index (χ1n) is 8.59. The zero-order valence-electron chi connectivity index (χ0n) is 16.0. The largest absolute Gasteiger partial charge is 0.403 e. The molecule has 0 saturated carbocycles. The van der Waals surface area contributed by atoms with Crippen molar-refractivity contribution in [1.82, 2.24) is 24.7 Å². The number of nitrogens with one attached hydrogen (secondary N) is 1. The minimum atomic E-state index is -4.19. The Bertz CT molecular complexity index is 616. The molecule has 0 aromatic carbocycles. The summed E-state index contributed by atoms with van der Waals surface area (Å²) < 4.78 is 40.6. The smallest absolute Gasteiger partial charge is 0.351 e. The van der Waals surface area contributed by atoms with Crippen LogP contribution in [0.5, 0.6) is 0 Å². The van der Waals surface area contributed by atoms with Crippen molar-refractivity contribution in [3.8, 4) is 0 Å². The Morgan fingerprint density at radius 1 is 1.31 bits per heavy atom. The number of guanidine groups is 1. The van der Waals surface area contributed by atoms with Crippen molar-refractivity contribution in [3.63, 3.8) is 0 Å². The molecule has 0 aliphatic carbocycles. The maximum atomic E-state index is 12.9. The lowest BCUT2D eigenvalue weighted by Crippen LogP contribution is -2.56. The maximum Gasteiger partial charge on any atom is 0.403 e. The van der Waals surface area contributed by atoms with Crippen molar-refractivity contribution in [2.75, 3.05) is 52.2 Å². The average molecular weight is 375 g/mol. The number of piperazine rings is 1. The lowest BCUT2D eigenvalue weighted by molar-refractivity contribution is -0.181. The number of rotatable bonds is 4. The third-order valence-electron chi connectivity index (χ3n) is 4.73. The molecule has 0 spiro atoms. The van der Waals surface area contributed by atoms with Gasteiger partial charge >= 0.3 is 6.18 Å². The number of halogens is 3. The molecule has 0 bridgehead atoms. The number of aliphatic imine (C=N–C) groups is 1. The summed E-state index contributed by atoms with van der Waals surface area (Å²) >= 11 is 0. The molecule has 148 valence electrons. The zero-order chi connectivity index (χ0) is 19.5. The molecule has 0 radical (unpaired) electrons. The number of nitrogens with zero attached hydrogens (tertiary/aromatic N) is 6. The van der Waals surface area contributed by atoms with Crippen LogP contribution in [0.25, 0.3) is 0 Å². The highest BCUT2D eigenvalue weighted by atomic mass is 19.4. The second-order valence-corrected chi connectivity index (χ2v) is 6.64. The van der Waals surface area contributed by atoms with Gasteiger partial charge < -0.3 is 19.7 Å². The van der Waals surface area contributed by atoms with Gasteiger partial charge in [0.25, 0.3) is 0 Å². The summed E-state index contributed by atoms with van der Waals surface area (Å²) in [6, 6.07) is -1.42. The summed E-state index contributed by atoms with van der Waals surface area (Å²) in [6.45, 7) is 3.50. The summed E-state index contributed by atoms with van der Waals surface area (Å²) in [4.78, 5) is 14.0. The Morgan fingerprint density at radius 3 is 2.38 bits per heavy atom. The average Bonchev–Trinajstić information content (AvgIpc) is 2.95. The number of imidazole rings is 1. The minimum Gasteiger partial charge on any atom is -0.351 e. The number of anilines is 1. The van der Waals surface area contributed by atoms with Crippen LogP contribution in [-0.4, -0.2) is 84.9 Å². The first-order chi connectivity index (χ1) is 12.1. The van der Waals surface area contributed by atoms with Crippen molar-refractivity contribution >= 4 is 11.9 Å². The fraction of sp³-hybridized carbons (Fsp3) is 0.750. The van der Waals surface area contributed by atoms with Crippen LogP contribution < -0.4 is 10.2 Å². The third kappa shape index (κ3) is 4.60. The first kappa shape index (κ1) is 20.3. The van der Waals surface area contributed by atoms with Gasteiger partial charge in [0.1, 0.15) is 6.04 Å². The molecule has 1 atom stereocenters. The molecular formula is C16H28F3N7. The van der Waals surface area contributed by atoms with Crippen molar-refractivity contribution in [3.05, 3.63) is 11.9 Å². The van der Waals surface area contributed by atoms with Gasteiger partial charge in [-0.1, -0.05) is 0 Å². The van der Waals surface area contributed by atoms with Crippen LogP contribution in [-0.2, 0) is 13.6 Å². The van der Waals surface area contributed by atoms with E-state index in [0.29, 0.717) is 38.7 Å². The molecule has 1 saturated heterocycles. The summed E-state index contributed by atoms with van der Waals surface area (Å²) in [6.07, 6.45) is -2.38. The van der Waals surface area contributed by atoms with Gasteiger partial charge in [-0.2, -0.15) is 13.2 Å². The van der Waals surface area contributed by atoms with Crippen molar-refractivity contribution < 1.29 is 13.2 Å². The highest BCUT2D eigenvalue weighted by molar-refractivity contribution is 5.80. The van der Waals surface area contributed by atoms with E-state index < -0.39 is 12.2 Å². The van der Waals surface area contributed by atoms with Gasteiger partial charge in [-0.05, 0) is 6.92 Å². The Balaban J connectivity index is 1.91. The van der Waals surface area contributed by atoms with E-state index in [1.807, 2.05) is 35.5 Å². The van der Waals surface area contributed by atoms with Crippen LogP contribution >= 0.6 is 0 Å². The summed E-state index contributed by atoms with van der Waals surface area (Å²) in [5.74, 6) is 1.54. The van der Waals surface area contributed by atoms with E-state index in [1.54, 1.807) is 13.2 Å². The van der Waals surface area contributed by atoms with E-state index in [0.717, 1.165) is 11.6 Å². The Kier molecular flexibility index (Phi) is 6.38. The van der Waals surface area contributed by atoms with Gasteiger partial charge in [-0.3, -0.25) is 9.89 Å². The number of hydrogen-bond acceptors (Lipinski definition) is 4. The molecule has 26 heavy (non-hydrogen) atoms. The van der Waals surface area contributed by atoms with Crippen molar-refractivity contribution in [2.45, 2.75) is 25.7 Å². The molecule has 1 N–H and O–H groups in total. The molecule has 1 aliphatic heterocycles. The van der Waals surface area contributed by atoms with E-state index in [4.69, 9.17) is 0 Å². The molecule has 1 unspecified atom stereocenters. The molecular weight excluding hydrogens is 347 g/mol. The van der Waals surface area contributed by atoms with E-state index in [9.17, 15) is 13.2 Å². The van der Waals surface area contributed by atoms with Crippen LogP contribution in [0.4, 0.5) is 19.1 Å². The van der Waals surface area contributed by atoms with E-state index >= 15 is 0 Å². The van der Waals surface area contributed by atoms with E-state index in [1.165, 1.54) is 11.8 Å². The van der Waals surface area contributed by atoms with Gasteiger partial charge in [-0.25, -0.2) is 4.98 Å². The van der Waals surface area contributed by atoms with Crippen molar-refractivity contribution in [2.24, 2.45) is 12.0 Å². The molecule has 1 aromatic heterocycles. The molecule has 2 heterocycles. The van der Waals surface area contributed by atoms with E-state index in [-0.39, 0.29) is 0 Å². The minimum absolute atomic E-state index is 0.359. The Labute approximate surface area is 152 Å². The lowest BCUT2D eigenvalue weighted by Gasteiger charge is -2.39. The Morgan fingerprint density at radius 2 is 1.92 bits per heavy atom. The monoisotopic (exact) mass is 375 g/mol. The van der Waals surface area contributed by atoms with Gasteiger partial charge in [0, 0.05) is 54.4 Å². The maximum absolute atomic E-state index is 12.9. The molecule has 1 aliphatic rings. The van der Waals surface area contributed by atoms with Gasteiger partial charge in [0.15, 0.2) is 5.96 Å². The van der Waals surface area contributed by atoms with Crippen LogP contribution in [0.15, 0.2) is 11.2 Å².